The fourth-order valence-corrected chi connectivity index (χ4v) is 2.89. The Balaban J connectivity index is 1.28. The smallest absolute Gasteiger partial charge is 0.319 e. The monoisotopic (exact) mass is 427 g/mol. The van der Waals surface area contributed by atoms with Crippen LogP contribution in [-0.4, -0.2) is 11.9 Å². The lowest BCUT2D eigenvalue weighted by Gasteiger charge is -2.09. The number of para-hydroxylation sites is 1. The van der Waals surface area contributed by atoms with E-state index in [1.54, 1.807) is 66.9 Å². The summed E-state index contributed by atoms with van der Waals surface area (Å²) in [7, 11) is 0. The van der Waals surface area contributed by atoms with Crippen LogP contribution in [0, 0.1) is 0 Å². The van der Waals surface area contributed by atoms with Crippen molar-refractivity contribution in [3.05, 3.63) is 109 Å². The highest BCUT2D eigenvalue weighted by Gasteiger charge is 2.08. The van der Waals surface area contributed by atoms with Crippen LogP contribution in [-0.2, 0) is 6.54 Å². The van der Waals surface area contributed by atoms with Crippen LogP contribution in [0.4, 0.5) is 16.2 Å². The van der Waals surface area contributed by atoms with E-state index in [9.17, 15) is 9.59 Å². The van der Waals surface area contributed by atoms with E-state index in [1.807, 2.05) is 30.3 Å². The SMILES string of the molecule is O=C(NCc1ccco1)Nc1ccc(NC(=O)c2ccc(Oc3ccccc3)cc2)cc1. The molecule has 0 saturated carbocycles. The summed E-state index contributed by atoms with van der Waals surface area (Å²) in [6.07, 6.45) is 1.55. The third-order valence-corrected chi connectivity index (χ3v) is 4.50. The van der Waals surface area contributed by atoms with Crippen molar-refractivity contribution in [3.8, 4) is 11.5 Å². The Morgan fingerprint density at radius 3 is 2.03 bits per heavy atom. The minimum Gasteiger partial charge on any atom is -0.467 e. The molecular weight excluding hydrogens is 406 g/mol. The van der Waals surface area contributed by atoms with Crippen molar-refractivity contribution < 1.29 is 18.7 Å². The molecule has 32 heavy (non-hydrogen) atoms. The predicted molar refractivity (Wildman–Crippen MR) is 122 cm³/mol. The maximum Gasteiger partial charge on any atom is 0.319 e. The first kappa shape index (κ1) is 20.7. The highest BCUT2D eigenvalue weighted by Crippen LogP contribution is 2.22. The van der Waals surface area contributed by atoms with Crippen LogP contribution >= 0.6 is 0 Å². The molecule has 0 spiro atoms. The molecule has 1 aromatic heterocycles. The quantitative estimate of drug-likeness (QED) is 0.356. The standard InChI is InChI=1S/C25H21N3O4/c29-24(18-8-14-22(15-9-18)32-21-5-2-1-3-6-21)27-19-10-12-20(13-11-19)28-25(30)26-17-23-7-4-16-31-23/h1-16H,17H2,(H,27,29)(H2,26,28,30). The molecule has 0 atom stereocenters. The molecule has 0 unspecified atom stereocenters. The Hall–Kier alpha value is -4.52. The van der Waals surface area contributed by atoms with Crippen LogP contribution in [0.25, 0.3) is 0 Å². The van der Waals surface area contributed by atoms with Gasteiger partial charge in [0.2, 0.25) is 0 Å². The molecule has 3 aromatic carbocycles. The summed E-state index contributed by atoms with van der Waals surface area (Å²) in [6, 6.07) is 26.4. The first-order chi connectivity index (χ1) is 15.7. The summed E-state index contributed by atoms with van der Waals surface area (Å²) in [5, 5.41) is 8.25. The summed E-state index contributed by atoms with van der Waals surface area (Å²) in [5.41, 5.74) is 1.72. The molecule has 3 N–H and O–H groups in total. The normalized spacial score (nSPS) is 10.2. The Bertz CT molecular complexity index is 1160. The molecule has 0 saturated heterocycles. The van der Waals surface area contributed by atoms with Crippen LogP contribution in [0.2, 0.25) is 0 Å². The number of carbonyl (C=O) groups excluding carboxylic acids is 2. The van der Waals surface area contributed by atoms with E-state index in [0.717, 1.165) is 5.75 Å². The summed E-state index contributed by atoms with van der Waals surface area (Å²) < 4.78 is 10.9. The molecule has 0 aliphatic rings. The average Bonchev–Trinajstić information content (AvgIpc) is 3.34. The second-order valence-electron chi connectivity index (χ2n) is 6.86. The zero-order chi connectivity index (χ0) is 22.2. The van der Waals surface area contributed by atoms with Crippen molar-refractivity contribution in [2.24, 2.45) is 0 Å². The van der Waals surface area contributed by atoms with Gasteiger partial charge in [-0.1, -0.05) is 18.2 Å². The van der Waals surface area contributed by atoms with E-state index in [2.05, 4.69) is 16.0 Å². The molecule has 4 rings (SSSR count). The number of carbonyl (C=O) groups is 2. The van der Waals surface area contributed by atoms with Crippen LogP contribution in [0.3, 0.4) is 0 Å². The zero-order valence-electron chi connectivity index (χ0n) is 17.1. The number of hydrogen-bond donors (Lipinski definition) is 3. The highest BCUT2D eigenvalue weighted by molar-refractivity contribution is 6.04. The molecular formula is C25H21N3O4. The molecule has 3 amide bonds. The van der Waals surface area contributed by atoms with Gasteiger partial charge in [0.05, 0.1) is 12.8 Å². The Morgan fingerprint density at radius 1 is 0.719 bits per heavy atom. The van der Waals surface area contributed by atoms with E-state index in [1.165, 1.54) is 0 Å². The molecule has 0 aliphatic heterocycles. The fraction of sp³-hybridized carbons (Fsp3) is 0.0400. The molecule has 0 bridgehead atoms. The number of amides is 3. The maximum absolute atomic E-state index is 12.5. The average molecular weight is 427 g/mol. The van der Waals surface area contributed by atoms with E-state index >= 15 is 0 Å². The van der Waals surface area contributed by atoms with Crippen LogP contribution in [0.1, 0.15) is 16.1 Å². The third-order valence-electron chi connectivity index (χ3n) is 4.50. The Kier molecular flexibility index (Phi) is 6.48. The predicted octanol–water partition coefficient (Wildman–Crippen LogP) is 5.65. The lowest BCUT2D eigenvalue weighted by molar-refractivity contribution is 0.102. The number of ether oxygens (including phenoxy) is 1. The molecule has 160 valence electrons. The van der Waals surface area contributed by atoms with Gasteiger partial charge in [-0.25, -0.2) is 4.79 Å². The number of furan rings is 1. The fourth-order valence-electron chi connectivity index (χ4n) is 2.89. The largest absolute Gasteiger partial charge is 0.467 e. The van der Waals surface area contributed by atoms with Gasteiger partial charge in [0.1, 0.15) is 17.3 Å². The number of benzene rings is 3. The summed E-state index contributed by atoms with van der Waals surface area (Å²) in [4.78, 5) is 24.5. The van der Waals surface area contributed by atoms with Crippen molar-refractivity contribution in [2.45, 2.75) is 6.54 Å². The van der Waals surface area contributed by atoms with Gasteiger partial charge in [-0.15, -0.1) is 0 Å². The van der Waals surface area contributed by atoms with Gasteiger partial charge < -0.3 is 25.1 Å². The number of urea groups is 1. The molecule has 4 aromatic rings. The molecule has 1 heterocycles. The van der Waals surface area contributed by atoms with Gasteiger partial charge in [-0.3, -0.25) is 4.79 Å². The first-order valence-electron chi connectivity index (χ1n) is 9.97. The van der Waals surface area contributed by atoms with Gasteiger partial charge in [-0.05, 0) is 72.8 Å². The van der Waals surface area contributed by atoms with Gasteiger partial charge in [0.25, 0.3) is 5.91 Å². The van der Waals surface area contributed by atoms with E-state index in [0.29, 0.717) is 35.0 Å². The highest BCUT2D eigenvalue weighted by atomic mass is 16.5. The lowest BCUT2D eigenvalue weighted by atomic mass is 10.2. The van der Waals surface area contributed by atoms with Gasteiger partial charge in [0.15, 0.2) is 0 Å². The second-order valence-corrected chi connectivity index (χ2v) is 6.86. The van der Waals surface area contributed by atoms with Crippen molar-refractivity contribution in [3.63, 3.8) is 0 Å². The van der Waals surface area contributed by atoms with Gasteiger partial charge in [-0.2, -0.15) is 0 Å². The Labute approximate surface area is 185 Å². The third kappa shape index (κ3) is 5.76. The van der Waals surface area contributed by atoms with Gasteiger partial charge >= 0.3 is 6.03 Å². The van der Waals surface area contributed by atoms with Crippen molar-refractivity contribution in [1.82, 2.24) is 5.32 Å². The molecule has 7 nitrogen and oxygen atoms in total. The first-order valence-corrected chi connectivity index (χ1v) is 9.97. The summed E-state index contributed by atoms with van der Waals surface area (Å²) in [5.74, 6) is 1.80. The second kappa shape index (κ2) is 9.99. The molecule has 7 heteroatoms. The molecule has 0 fully saturated rings. The summed E-state index contributed by atoms with van der Waals surface area (Å²) in [6.45, 7) is 0.294. The minimum atomic E-state index is -0.351. The van der Waals surface area contributed by atoms with Crippen LogP contribution in [0.5, 0.6) is 11.5 Å². The zero-order valence-corrected chi connectivity index (χ0v) is 17.1. The maximum atomic E-state index is 12.5. The number of rotatable bonds is 7. The molecule has 0 radical (unpaired) electrons. The minimum absolute atomic E-state index is 0.242. The number of nitrogens with one attached hydrogen (secondary N) is 3. The van der Waals surface area contributed by atoms with E-state index in [4.69, 9.17) is 9.15 Å². The lowest BCUT2D eigenvalue weighted by Crippen LogP contribution is -2.27. The van der Waals surface area contributed by atoms with Crippen LogP contribution in [0.15, 0.2) is 102 Å². The Morgan fingerprint density at radius 2 is 1.38 bits per heavy atom. The van der Waals surface area contributed by atoms with E-state index < -0.39 is 0 Å². The molecule has 0 aliphatic carbocycles. The van der Waals surface area contributed by atoms with Crippen LogP contribution < -0.4 is 20.7 Å². The van der Waals surface area contributed by atoms with E-state index in [-0.39, 0.29) is 11.9 Å². The van der Waals surface area contributed by atoms with Crippen molar-refractivity contribution >= 4 is 23.3 Å². The van der Waals surface area contributed by atoms with Crippen molar-refractivity contribution in [2.75, 3.05) is 10.6 Å². The van der Waals surface area contributed by atoms with Crippen molar-refractivity contribution in [1.29, 1.82) is 0 Å². The summed E-state index contributed by atoms with van der Waals surface area (Å²) >= 11 is 0. The number of hydrogen-bond acceptors (Lipinski definition) is 4. The number of anilines is 2. The van der Waals surface area contributed by atoms with Gasteiger partial charge in [0, 0.05) is 16.9 Å². The topological polar surface area (TPSA) is 92.6 Å².